The molecule has 0 radical (unpaired) electrons. The first-order valence-electron chi connectivity index (χ1n) is 7.55. The molecule has 0 unspecified atom stereocenters. The first-order chi connectivity index (χ1) is 8.36. The van der Waals surface area contributed by atoms with Crippen LogP contribution >= 0.6 is 0 Å². The summed E-state index contributed by atoms with van der Waals surface area (Å²) in [4.78, 5) is 0. The van der Waals surface area contributed by atoms with Crippen LogP contribution in [-0.4, -0.2) is 24.9 Å². The smallest absolute Gasteiger partial charge is 0.0494 e. The fraction of sp³-hybridized carbons (Fsp3) is 1.00. The predicted molar refractivity (Wildman–Crippen MR) is 72.1 cm³/mol. The summed E-state index contributed by atoms with van der Waals surface area (Å²) in [5, 5.41) is 7.88. The monoisotopic (exact) mass is 242 g/mol. The molecule has 0 aliphatic heterocycles. The molecule has 2 nitrogen and oxygen atoms in total. The van der Waals surface area contributed by atoms with E-state index in [4.69, 9.17) is 9.84 Å². The van der Waals surface area contributed by atoms with Gasteiger partial charge in [0, 0.05) is 19.8 Å². The largest absolute Gasteiger partial charge is 0.396 e. The van der Waals surface area contributed by atoms with Gasteiger partial charge >= 0.3 is 0 Å². The lowest BCUT2D eigenvalue weighted by atomic mass is 10.1. The van der Waals surface area contributed by atoms with Gasteiger partial charge in [-0.3, -0.25) is 0 Å². The molecule has 2 aliphatic carbocycles. The molecule has 0 heterocycles. The summed E-state index contributed by atoms with van der Waals surface area (Å²) in [6.45, 7) is 4.35. The second kappa shape index (κ2) is 9.90. The van der Waals surface area contributed by atoms with Gasteiger partial charge in [-0.2, -0.15) is 0 Å². The molecule has 0 spiro atoms. The minimum absolute atomic E-state index is 0.319. The topological polar surface area (TPSA) is 29.5 Å². The van der Waals surface area contributed by atoms with Gasteiger partial charge in [-0.1, -0.05) is 32.6 Å². The molecule has 2 heteroatoms. The number of aliphatic hydroxyl groups is 1. The molecule has 0 amide bonds. The normalized spacial score (nSPS) is 21.5. The summed E-state index contributed by atoms with van der Waals surface area (Å²) in [5.74, 6) is 1.81. The fourth-order valence-electron chi connectivity index (χ4n) is 2.76. The molecule has 2 rings (SSSR count). The number of rotatable bonds is 5. The molecule has 0 bridgehead atoms. The summed E-state index contributed by atoms with van der Waals surface area (Å²) in [5.41, 5.74) is 0. The van der Waals surface area contributed by atoms with E-state index in [2.05, 4.69) is 0 Å². The molecule has 0 atom stereocenters. The van der Waals surface area contributed by atoms with E-state index in [1.165, 1.54) is 51.4 Å². The van der Waals surface area contributed by atoms with Gasteiger partial charge in [-0.25, -0.2) is 0 Å². The maximum absolute atomic E-state index is 7.88. The van der Waals surface area contributed by atoms with Gasteiger partial charge in [0.1, 0.15) is 0 Å². The standard InChI is InChI=1S/C12H22O.C3H8O/c1-2-6-11(5-1)9-13-10-12-7-3-4-8-12;1-2-3-4/h11-12H,1-10H2;4H,2-3H2,1H3. The van der Waals surface area contributed by atoms with E-state index in [1.54, 1.807) is 0 Å². The predicted octanol–water partition coefficient (Wildman–Crippen LogP) is 3.77. The van der Waals surface area contributed by atoms with E-state index in [1.807, 2.05) is 6.92 Å². The first kappa shape index (κ1) is 15.0. The zero-order valence-electron chi connectivity index (χ0n) is 11.5. The van der Waals surface area contributed by atoms with Crippen LogP contribution in [0.3, 0.4) is 0 Å². The third kappa shape index (κ3) is 7.05. The van der Waals surface area contributed by atoms with Gasteiger partial charge in [0.2, 0.25) is 0 Å². The molecular weight excluding hydrogens is 212 g/mol. The van der Waals surface area contributed by atoms with E-state index < -0.39 is 0 Å². The van der Waals surface area contributed by atoms with Crippen molar-refractivity contribution in [3.05, 3.63) is 0 Å². The summed E-state index contributed by atoms with van der Waals surface area (Å²) in [6, 6.07) is 0. The maximum atomic E-state index is 7.88. The van der Waals surface area contributed by atoms with Crippen molar-refractivity contribution in [2.75, 3.05) is 19.8 Å². The molecule has 0 saturated heterocycles. The zero-order chi connectivity index (χ0) is 12.3. The molecule has 2 aliphatic rings. The van der Waals surface area contributed by atoms with Crippen molar-refractivity contribution in [1.29, 1.82) is 0 Å². The molecule has 2 fully saturated rings. The molecule has 102 valence electrons. The van der Waals surface area contributed by atoms with Crippen LogP contribution < -0.4 is 0 Å². The Morgan fingerprint density at radius 2 is 1.24 bits per heavy atom. The van der Waals surface area contributed by atoms with Crippen molar-refractivity contribution in [3.63, 3.8) is 0 Å². The second-order valence-corrected chi connectivity index (χ2v) is 5.56. The highest BCUT2D eigenvalue weighted by Crippen LogP contribution is 2.27. The van der Waals surface area contributed by atoms with Crippen LogP contribution in [0.25, 0.3) is 0 Å². The van der Waals surface area contributed by atoms with Gasteiger partial charge in [0.05, 0.1) is 0 Å². The molecule has 0 aromatic heterocycles. The van der Waals surface area contributed by atoms with Crippen LogP contribution in [-0.2, 0) is 4.74 Å². The highest BCUT2D eigenvalue weighted by atomic mass is 16.5. The Morgan fingerprint density at radius 3 is 1.53 bits per heavy atom. The van der Waals surface area contributed by atoms with Gasteiger partial charge in [-0.05, 0) is 43.9 Å². The summed E-state index contributed by atoms with van der Waals surface area (Å²) >= 11 is 0. The van der Waals surface area contributed by atoms with Crippen molar-refractivity contribution >= 4 is 0 Å². The van der Waals surface area contributed by atoms with E-state index in [0.717, 1.165) is 31.5 Å². The van der Waals surface area contributed by atoms with E-state index in [0.29, 0.717) is 6.61 Å². The number of aliphatic hydroxyl groups excluding tert-OH is 1. The first-order valence-corrected chi connectivity index (χ1v) is 7.55. The summed E-state index contributed by atoms with van der Waals surface area (Å²) < 4.78 is 5.80. The SMILES string of the molecule is C1CCC(COCC2CCCC2)C1.CCCO. The Morgan fingerprint density at radius 1 is 0.882 bits per heavy atom. The molecule has 0 aromatic carbocycles. The van der Waals surface area contributed by atoms with Crippen LogP contribution in [0.1, 0.15) is 64.7 Å². The lowest BCUT2D eigenvalue weighted by Gasteiger charge is -2.13. The van der Waals surface area contributed by atoms with E-state index in [9.17, 15) is 0 Å². The van der Waals surface area contributed by atoms with E-state index in [-0.39, 0.29) is 0 Å². The summed E-state index contributed by atoms with van der Waals surface area (Å²) in [6.07, 6.45) is 12.3. The second-order valence-electron chi connectivity index (χ2n) is 5.56. The third-order valence-electron chi connectivity index (χ3n) is 3.88. The maximum Gasteiger partial charge on any atom is 0.0494 e. The van der Waals surface area contributed by atoms with E-state index >= 15 is 0 Å². The molecule has 2 saturated carbocycles. The van der Waals surface area contributed by atoms with Crippen molar-refractivity contribution in [2.24, 2.45) is 11.8 Å². The van der Waals surface area contributed by atoms with Gasteiger partial charge in [0.15, 0.2) is 0 Å². The molecule has 1 N–H and O–H groups in total. The highest BCUT2D eigenvalue weighted by molar-refractivity contribution is 4.69. The Balaban J connectivity index is 0.000000317. The Kier molecular flexibility index (Phi) is 8.72. The summed E-state index contributed by atoms with van der Waals surface area (Å²) in [7, 11) is 0. The van der Waals surface area contributed by atoms with Crippen molar-refractivity contribution in [1.82, 2.24) is 0 Å². The van der Waals surface area contributed by atoms with Gasteiger partial charge in [-0.15, -0.1) is 0 Å². The van der Waals surface area contributed by atoms with Crippen LogP contribution in [0.5, 0.6) is 0 Å². The number of hydrogen-bond donors (Lipinski definition) is 1. The Hall–Kier alpha value is -0.0800. The third-order valence-corrected chi connectivity index (χ3v) is 3.88. The van der Waals surface area contributed by atoms with Crippen LogP contribution in [0.2, 0.25) is 0 Å². The van der Waals surface area contributed by atoms with Crippen molar-refractivity contribution < 1.29 is 9.84 Å². The Bertz CT molecular complexity index is 140. The average molecular weight is 242 g/mol. The minimum atomic E-state index is 0.319. The average Bonchev–Trinajstić information content (AvgIpc) is 3.02. The van der Waals surface area contributed by atoms with Crippen LogP contribution in [0, 0.1) is 11.8 Å². The zero-order valence-corrected chi connectivity index (χ0v) is 11.5. The van der Waals surface area contributed by atoms with Gasteiger partial charge < -0.3 is 9.84 Å². The van der Waals surface area contributed by atoms with Gasteiger partial charge in [0.25, 0.3) is 0 Å². The fourth-order valence-corrected chi connectivity index (χ4v) is 2.76. The number of ether oxygens (including phenoxy) is 1. The highest BCUT2D eigenvalue weighted by Gasteiger charge is 2.18. The van der Waals surface area contributed by atoms with Crippen molar-refractivity contribution in [3.8, 4) is 0 Å². The van der Waals surface area contributed by atoms with Crippen molar-refractivity contribution in [2.45, 2.75) is 64.7 Å². The van der Waals surface area contributed by atoms with Crippen LogP contribution in [0.15, 0.2) is 0 Å². The number of hydrogen-bond acceptors (Lipinski definition) is 2. The quantitative estimate of drug-likeness (QED) is 0.795. The molecular formula is C15H30O2. The Labute approximate surface area is 107 Å². The van der Waals surface area contributed by atoms with Crippen LogP contribution in [0.4, 0.5) is 0 Å². The lowest BCUT2D eigenvalue weighted by Crippen LogP contribution is -2.11. The lowest BCUT2D eigenvalue weighted by molar-refractivity contribution is 0.0743. The molecule has 17 heavy (non-hydrogen) atoms. The molecule has 0 aromatic rings. The minimum Gasteiger partial charge on any atom is -0.396 e.